The predicted octanol–water partition coefficient (Wildman–Crippen LogP) is 1.44. The highest BCUT2D eigenvalue weighted by molar-refractivity contribution is 4.74. The molecule has 2 unspecified atom stereocenters. The molecular weight excluding hydrogens is 178 g/mol. The van der Waals surface area contributed by atoms with Gasteiger partial charge in [0.2, 0.25) is 0 Å². The van der Waals surface area contributed by atoms with E-state index in [1.807, 2.05) is 6.92 Å². The van der Waals surface area contributed by atoms with Crippen molar-refractivity contribution < 1.29 is 9.84 Å². The molecule has 0 radical (unpaired) electrons. The Bertz CT molecular complexity index is 153. The highest BCUT2D eigenvalue weighted by Gasteiger charge is 2.21. The van der Waals surface area contributed by atoms with E-state index >= 15 is 0 Å². The van der Waals surface area contributed by atoms with Gasteiger partial charge in [0.1, 0.15) is 0 Å². The number of hydrogen-bond donors (Lipinski definition) is 2. The summed E-state index contributed by atoms with van der Waals surface area (Å²) in [7, 11) is 0. The van der Waals surface area contributed by atoms with Crippen molar-refractivity contribution in [2.45, 2.75) is 57.2 Å². The van der Waals surface area contributed by atoms with Crippen LogP contribution in [-0.2, 0) is 4.74 Å². The zero-order valence-electron chi connectivity index (χ0n) is 9.17. The number of hydrogen-bond acceptors (Lipinski definition) is 3. The molecule has 0 aromatic rings. The summed E-state index contributed by atoms with van der Waals surface area (Å²) in [4.78, 5) is 0. The van der Waals surface area contributed by atoms with Crippen LogP contribution in [0.4, 0.5) is 0 Å². The van der Waals surface area contributed by atoms with E-state index in [9.17, 15) is 5.11 Å². The quantitative estimate of drug-likeness (QED) is 0.683. The Balaban J connectivity index is 2.07. The maximum absolute atomic E-state index is 9.87. The van der Waals surface area contributed by atoms with Crippen LogP contribution in [0.1, 0.15) is 45.4 Å². The molecule has 0 saturated carbocycles. The molecule has 1 aliphatic heterocycles. The Morgan fingerprint density at radius 2 is 2.29 bits per heavy atom. The molecule has 1 aliphatic rings. The first-order chi connectivity index (χ1) is 6.64. The number of aliphatic hydroxyl groups is 1. The zero-order valence-corrected chi connectivity index (χ0v) is 9.17. The molecule has 3 N–H and O–H groups in total. The van der Waals surface area contributed by atoms with Crippen molar-refractivity contribution in [3.8, 4) is 0 Å². The lowest BCUT2D eigenvalue weighted by atomic mass is 9.94. The minimum Gasteiger partial charge on any atom is -0.390 e. The summed E-state index contributed by atoms with van der Waals surface area (Å²) in [5, 5.41) is 9.87. The van der Waals surface area contributed by atoms with Crippen LogP contribution in [0.25, 0.3) is 0 Å². The Hall–Kier alpha value is -0.120. The van der Waals surface area contributed by atoms with Gasteiger partial charge in [-0.3, -0.25) is 0 Å². The van der Waals surface area contributed by atoms with Gasteiger partial charge in [-0.2, -0.15) is 0 Å². The second kappa shape index (κ2) is 5.69. The first-order valence-corrected chi connectivity index (χ1v) is 5.68. The van der Waals surface area contributed by atoms with Crippen LogP contribution in [0.5, 0.6) is 0 Å². The van der Waals surface area contributed by atoms with Gasteiger partial charge in [0, 0.05) is 6.61 Å². The molecule has 3 nitrogen and oxygen atoms in total. The van der Waals surface area contributed by atoms with Crippen molar-refractivity contribution in [1.82, 2.24) is 0 Å². The maximum Gasteiger partial charge on any atom is 0.0631 e. The lowest BCUT2D eigenvalue weighted by Crippen LogP contribution is -2.27. The average molecular weight is 201 g/mol. The maximum atomic E-state index is 9.87. The fourth-order valence-corrected chi connectivity index (χ4v) is 2.02. The van der Waals surface area contributed by atoms with Gasteiger partial charge in [-0.05, 0) is 52.0 Å². The van der Waals surface area contributed by atoms with Crippen molar-refractivity contribution >= 4 is 0 Å². The van der Waals surface area contributed by atoms with E-state index in [4.69, 9.17) is 10.5 Å². The summed E-state index contributed by atoms with van der Waals surface area (Å²) < 4.78 is 5.52. The second-order valence-corrected chi connectivity index (χ2v) is 4.56. The fraction of sp³-hybridized carbons (Fsp3) is 1.00. The summed E-state index contributed by atoms with van der Waals surface area (Å²) in [5.41, 5.74) is 4.85. The smallest absolute Gasteiger partial charge is 0.0631 e. The molecule has 3 heteroatoms. The molecule has 0 aliphatic carbocycles. The molecule has 84 valence electrons. The van der Waals surface area contributed by atoms with Gasteiger partial charge in [-0.15, -0.1) is 0 Å². The van der Waals surface area contributed by atoms with Crippen molar-refractivity contribution in [2.24, 2.45) is 5.73 Å². The normalized spacial score (nSPS) is 26.4. The lowest BCUT2D eigenvalue weighted by Gasteiger charge is -2.22. The topological polar surface area (TPSA) is 55.5 Å². The van der Waals surface area contributed by atoms with E-state index in [1.54, 1.807) is 0 Å². The average Bonchev–Trinajstić information content (AvgIpc) is 2.56. The monoisotopic (exact) mass is 201 g/mol. The fourth-order valence-electron chi connectivity index (χ4n) is 2.02. The minimum atomic E-state index is -0.576. The molecular formula is C11H23NO2. The van der Waals surface area contributed by atoms with Gasteiger partial charge in [-0.25, -0.2) is 0 Å². The summed E-state index contributed by atoms with van der Waals surface area (Å²) in [6, 6.07) is 0. The number of nitrogens with two attached hydrogens (primary N) is 1. The van der Waals surface area contributed by atoms with Crippen LogP contribution < -0.4 is 5.73 Å². The van der Waals surface area contributed by atoms with Crippen molar-refractivity contribution in [3.05, 3.63) is 0 Å². The van der Waals surface area contributed by atoms with Gasteiger partial charge >= 0.3 is 0 Å². The molecule has 1 heterocycles. The molecule has 1 rings (SSSR count). The van der Waals surface area contributed by atoms with Crippen LogP contribution in [0.2, 0.25) is 0 Å². The third-order valence-corrected chi connectivity index (χ3v) is 2.95. The Labute approximate surface area is 86.6 Å². The van der Waals surface area contributed by atoms with E-state index in [0.29, 0.717) is 19.1 Å². The van der Waals surface area contributed by atoms with Crippen molar-refractivity contribution in [1.29, 1.82) is 0 Å². The predicted molar refractivity (Wildman–Crippen MR) is 57.1 cm³/mol. The van der Waals surface area contributed by atoms with Crippen LogP contribution in [0.15, 0.2) is 0 Å². The van der Waals surface area contributed by atoms with Crippen molar-refractivity contribution in [3.63, 3.8) is 0 Å². The summed E-state index contributed by atoms with van der Waals surface area (Å²) >= 11 is 0. The van der Waals surface area contributed by atoms with E-state index in [-0.39, 0.29) is 0 Å². The first kappa shape index (κ1) is 12.0. The van der Waals surface area contributed by atoms with Crippen molar-refractivity contribution in [2.75, 3.05) is 13.2 Å². The summed E-state index contributed by atoms with van der Waals surface area (Å²) in [6.45, 7) is 3.35. The standard InChI is InChI=1S/C11H23NO2/c1-11(13,7-8-12)6-2-4-10-5-3-9-14-10/h10,13H,2-9,12H2,1H3. The molecule has 2 atom stereocenters. The Morgan fingerprint density at radius 3 is 2.86 bits per heavy atom. The van der Waals surface area contributed by atoms with E-state index < -0.39 is 5.60 Å². The van der Waals surface area contributed by atoms with Crippen LogP contribution >= 0.6 is 0 Å². The van der Waals surface area contributed by atoms with Crippen LogP contribution in [0.3, 0.4) is 0 Å². The number of ether oxygens (including phenoxy) is 1. The molecule has 0 aromatic carbocycles. The SMILES string of the molecule is CC(O)(CCN)CCCC1CCCO1. The Morgan fingerprint density at radius 1 is 1.50 bits per heavy atom. The molecule has 14 heavy (non-hydrogen) atoms. The van der Waals surface area contributed by atoms with Crippen LogP contribution in [0, 0.1) is 0 Å². The Kier molecular flexibility index (Phi) is 4.85. The summed E-state index contributed by atoms with van der Waals surface area (Å²) in [6.07, 6.45) is 6.49. The van der Waals surface area contributed by atoms with Gasteiger partial charge in [0.05, 0.1) is 11.7 Å². The highest BCUT2D eigenvalue weighted by atomic mass is 16.5. The largest absolute Gasteiger partial charge is 0.390 e. The summed E-state index contributed by atoms with van der Waals surface area (Å²) in [5.74, 6) is 0. The molecule has 0 bridgehead atoms. The van der Waals surface area contributed by atoms with E-state index in [1.165, 1.54) is 12.8 Å². The third-order valence-electron chi connectivity index (χ3n) is 2.95. The highest BCUT2D eigenvalue weighted by Crippen LogP contribution is 2.22. The molecule has 0 aromatic heterocycles. The second-order valence-electron chi connectivity index (χ2n) is 4.56. The zero-order chi connectivity index (χ0) is 10.4. The van der Waals surface area contributed by atoms with E-state index in [2.05, 4.69) is 0 Å². The van der Waals surface area contributed by atoms with Gasteiger partial charge in [0.15, 0.2) is 0 Å². The van der Waals surface area contributed by atoms with Gasteiger partial charge in [-0.1, -0.05) is 0 Å². The molecule has 0 amide bonds. The third kappa shape index (κ3) is 4.40. The van der Waals surface area contributed by atoms with Gasteiger partial charge < -0.3 is 15.6 Å². The van der Waals surface area contributed by atoms with E-state index in [0.717, 1.165) is 25.9 Å². The molecule has 0 spiro atoms. The molecule has 1 fully saturated rings. The minimum absolute atomic E-state index is 0.448. The first-order valence-electron chi connectivity index (χ1n) is 5.68. The molecule has 1 saturated heterocycles. The van der Waals surface area contributed by atoms with Gasteiger partial charge in [0.25, 0.3) is 0 Å². The van der Waals surface area contributed by atoms with Crippen LogP contribution in [-0.4, -0.2) is 30.0 Å². The lowest BCUT2D eigenvalue weighted by molar-refractivity contribution is 0.0349. The number of rotatable bonds is 6.